The van der Waals surface area contributed by atoms with Crippen LogP contribution in [0.25, 0.3) is 5.57 Å². The fraction of sp³-hybridized carbons (Fsp3) is 0.269. The SMILES string of the molecule is Cc1cc(Nc2ncc3c(n2)N(C)CN(c2c(Cl)cccc2Cl)C3=O)ccc1C1=CCN(C)CC1. The van der Waals surface area contributed by atoms with Crippen molar-refractivity contribution in [3.8, 4) is 0 Å². The lowest BCUT2D eigenvalue weighted by Crippen LogP contribution is -2.46. The number of aromatic nitrogens is 2. The Bertz CT molecular complexity index is 1320. The number of nitrogens with one attached hydrogen (secondary N) is 1. The number of likely N-dealkylation sites (N-methyl/N-ethyl adjacent to an activating group) is 1. The minimum Gasteiger partial charge on any atom is -0.341 e. The van der Waals surface area contributed by atoms with Gasteiger partial charge in [0, 0.05) is 32.0 Å². The average Bonchev–Trinajstić information content (AvgIpc) is 2.83. The maximum atomic E-state index is 13.3. The molecule has 3 aromatic rings. The van der Waals surface area contributed by atoms with Crippen LogP contribution >= 0.6 is 23.2 Å². The number of anilines is 4. The molecular weight excluding hydrogens is 483 g/mol. The lowest BCUT2D eigenvalue weighted by Gasteiger charge is -2.35. The van der Waals surface area contributed by atoms with Gasteiger partial charge in [-0.05, 0) is 61.4 Å². The quantitative estimate of drug-likeness (QED) is 0.494. The Morgan fingerprint density at radius 2 is 1.83 bits per heavy atom. The van der Waals surface area contributed by atoms with Crippen LogP contribution in [0.15, 0.2) is 48.7 Å². The van der Waals surface area contributed by atoms with Crippen LogP contribution in [0.5, 0.6) is 0 Å². The van der Waals surface area contributed by atoms with Crippen molar-refractivity contribution in [1.82, 2.24) is 14.9 Å². The van der Waals surface area contributed by atoms with Gasteiger partial charge >= 0.3 is 0 Å². The van der Waals surface area contributed by atoms with Crippen molar-refractivity contribution in [1.29, 1.82) is 0 Å². The molecule has 2 aliphatic rings. The Balaban J connectivity index is 1.38. The zero-order chi connectivity index (χ0) is 24.7. The van der Waals surface area contributed by atoms with Gasteiger partial charge in [-0.15, -0.1) is 0 Å². The van der Waals surface area contributed by atoms with Gasteiger partial charge in [-0.2, -0.15) is 4.98 Å². The second kappa shape index (κ2) is 9.49. The fourth-order valence-electron chi connectivity index (χ4n) is 4.53. The summed E-state index contributed by atoms with van der Waals surface area (Å²) < 4.78 is 0. The molecule has 0 saturated carbocycles. The van der Waals surface area contributed by atoms with E-state index in [9.17, 15) is 4.79 Å². The third-order valence-electron chi connectivity index (χ3n) is 6.41. The number of carbonyl (C=O) groups is 1. The summed E-state index contributed by atoms with van der Waals surface area (Å²) >= 11 is 12.7. The van der Waals surface area contributed by atoms with E-state index < -0.39 is 0 Å². The second-order valence-electron chi connectivity index (χ2n) is 8.97. The molecule has 0 aliphatic carbocycles. The third-order valence-corrected chi connectivity index (χ3v) is 7.02. The van der Waals surface area contributed by atoms with E-state index in [1.807, 2.05) is 18.0 Å². The van der Waals surface area contributed by atoms with E-state index in [1.54, 1.807) is 29.3 Å². The van der Waals surface area contributed by atoms with E-state index in [0.29, 0.717) is 33.1 Å². The van der Waals surface area contributed by atoms with E-state index in [0.717, 1.165) is 25.2 Å². The molecule has 7 nitrogen and oxygen atoms in total. The first-order chi connectivity index (χ1) is 16.8. The Morgan fingerprint density at radius 1 is 1.06 bits per heavy atom. The highest BCUT2D eigenvalue weighted by Crippen LogP contribution is 2.37. The van der Waals surface area contributed by atoms with Gasteiger partial charge in [-0.3, -0.25) is 9.69 Å². The summed E-state index contributed by atoms with van der Waals surface area (Å²) in [5.74, 6) is 0.737. The van der Waals surface area contributed by atoms with Crippen molar-refractivity contribution < 1.29 is 4.79 Å². The first-order valence-electron chi connectivity index (χ1n) is 11.4. The Hall–Kier alpha value is -3.13. The number of benzene rings is 2. The van der Waals surface area contributed by atoms with Gasteiger partial charge in [0.1, 0.15) is 11.4 Å². The van der Waals surface area contributed by atoms with E-state index in [-0.39, 0.29) is 12.6 Å². The Kier molecular flexibility index (Phi) is 6.40. The fourth-order valence-corrected chi connectivity index (χ4v) is 5.13. The van der Waals surface area contributed by atoms with E-state index in [1.165, 1.54) is 16.7 Å². The van der Waals surface area contributed by atoms with Crippen LogP contribution in [0.3, 0.4) is 0 Å². The summed E-state index contributed by atoms with van der Waals surface area (Å²) in [6.45, 7) is 4.43. The number of hydrogen-bond donors (Lipinski definition) is 1. The molecule has 0 saturated heterocycles. The Labute approximate surface area is 215 Å². The molecule has 0 fully saturated rings. The summed E-state index contributed by atoms with van der Waals surface area (Å²) in [6.07, 6.45) is 4.90. The molecule has 2 aromatic carbocycles. The topological polar surface area (TPSA) is 64.6 Å². The number of fused-ring (bicyclic) bond motifs is 1. The summed E-state index contributed by atoms with van der Waals surface area (Å²) in [7, 11) is 4.01. The molecule has 0 atom stereocenters. The summed E-state index contributed by atoms with van der Waals surface area (Å²) in [5, 5.41) is 4.11. The molecule has 35 heavy (non-hydrogen) atoms. The van der Waals surface area contributed by atoms with Crippen LogP contribution in [0.2, 0.25) is 10.0 Å². The van der Waals surface area contributed by atoms with Gasteiger partial charge < -0.3 is 15.1 Å². The highest BCUT2D eigenvalue weighted by molar-refractivity contribution is 6.40. The number of halogens is 2. The monoisotopic (exact) mass is 508 g/mol. The van der Waals surface area contributed by atoms with Gasteiger partial charge in [0.2, 0.25) is 5.95 Å². The van der Waals surface area contributed by atoms with Crippen LogP contribution in [-0.4, -0.2) is 54.6 Å². The minimum atomic E-state index is -0.244. The van der Waals surface area contributed by atoms with Crippen LogP contribution in [0, 0.1) is 6.92 Å². The Morgan fingerprint density at radius 3 is 2.51 bits per heavy atom. The normalized spacial score (nSPS) is 16.3. The molecule has 1 aromatic heterocycles. The largest absolute Gasteiger partial charge is 0.341 e. The first kappa shape index (κ1) is 23.6. The zero-order valence-corrected chi connectivity index (χ0v) is 21.4. The standard InChI is InChI=1S/C26H26Cl2N6O/c1-16-13-18(7-8-19(16)17-9-11-32(2)12-10-17)30-26-29-14-20-24(31-26)33(3)15-34(25(20)35)23-21(27)5-4-6-22(23)28/h4-9,13-14H,10-12,15H2,1-3H3,(H,29,30,31). The molecule has 9 heteroatoms. The van der Waals surface area contributed by atoms with Gasteiger partial charge in [0.25, 0.3) is 5.91 Å². The molecule has 2 aliphatic heterocycles. The number of aryl methyl sites for hydroxylation is 1. The van der Waals surface area contributed by atoms with E-state index >= 15 is 0 Å². The average molecular weight is 509 g/mol. The van der Waals surface area contributed by atoms with Crippen molar-refractivity contribution in [3.05, 3.63) is 75.4 Å². The van der Waals surface area contributed by atoms with Crippen LogP contribution in [0.4, 0.5) is 23.1 Å². The summed E-state index contributed by atoms with van der Waals surface area (Å²) in [5.41, 5.74) is 5.63. The van der Waals surface area contributed by atoms with Gasteiger partial charge in [-0.1, -0.05) is 41.4 Å². The van der Waals surface area contributed by atoms with Crippen molar-refractivity contribution in [2.75, 3.05) is 49.0 Å². The molecule has 1 N–H and O–H groups in total. The zero-order valence-electron chi connectivity index (χ0n) is 19.8. The predicted octanol–water partition coefficient (Wildman–Crippen LogP) is 5.61. The molecule has 5 rings (SSSR count). The number of carbonyl (C=O) groups excluding carboxylic acids is 1. The molecular formula is C26H26Cl2N6O. The summed E-state index contributed by atoms with van der Waals surface area (Å²) in [4.78, 5) is 28.1. The number of para-hydroxylation sites is 1. The number of nitrogens with zero attached hydrogens (tertiary/aromatic N) is 5. The van der Waals surface area contributed by atoms with E-state index in [2.05, 4.69) is 52.4 Å². The van der Waals surface area contributed by atoms with Gasteiger partial charge in [0.05, 0.1) is 22.4 Å². The van der Waals surface area contributed by atoms with Crippen LogP contribution < -0.4 is 15.1 Å². The highest BCUT2D eigenvalue weighted by Gasteiger charge is 2.32. The number of amides is 1. The molecule has 0 unspecified atom stereocenters. The molecule has 0 bridgehead atoms. The van der Waals surface area contributed by atoms with Crippen molar-refractivity contribution in [3.63, 3.8) is 0 Å². The lowest BCUT2D eigenvalue weighted by atomic mass is 9.95. The van der Waals surface area contributed by atoms with Gasteiger partial charge in [0.15, 0.2) is 0 Å². The number of hydrogen-bond acceptors (Lipinski definition) is 6. The van der Waals surface area contributed by atoms with Crippen LogP contribution in [0.1, 0.15) is 27.9 Å². The minimum absolute atomic E-state index is 0.244. The van der Waals surface area contributed by atoms with E-state index in [4.69, 9.17) is 23.2 Å². The molecule has 1 amide bonds. The molecule has 0 radical (unpaired) electrons. The smallest absolute Gasteiger partial charge is 0.265 e. The molecule has 180 valence electrons. The summed E-state index contributed by atoms with van der Waals surface area (Å²) in [6, 6.07) is 11.5. The van der Waals surface area contributed by atoms with Crippen molar-refractivity contribution >= 4 is 57.8 Å². The van der Waals surface area contributed by atoms with Crippen molar-refractivity contribution in [2.24, 2.45) is 0 Å². The van der Waals surface area contributed by atoms with Crippen molar-refractivity contribution in [2.45, 2.75) is 13.3 Å². The molecule has 0 spiro atoms. The first-order valence-corrected chi connectivity index (χ1v) is 12.2. The third kappa shape index (κ3) is 4.59. The van der Waals surface area contributed by atoms with Gasteiger partial charge in [-0.25, -0.2) is 4.98 Å². The molecule has 3 heterocycles. The maximum Gasteiger partial charge on any atom is 0.265 e. The lowest BCUT2D eigenvalue weighted by molar-refractivity contribution is 0.0982. The van der Waals surface area contributed by atoms with Crippen LogP contribution in [-0.2, 0) is 0 Å². The number of rotatable bonds is 4. The highest BCUT2D eigenvalue weighted by atomic mass is 35.5. The maximum absolute atomic E-state index is 13.3. The predicted molar refractivity (Wildman–Crippen MR) is 143 cm³/mol. The second-order valence-corrected chi connectivity index (χ2v) is 9.78.